The number of azide groups is 1. The van der Waals surface area contributed by atoms with E-state index < -0.39 is 0 Å². The lowest BCUT2D eigenvalue weighted by Gasteiger charge is -1.88. The van der Waals surface area contributed by atoms with Crippen LogP contribution in [-0.2, 0) is 6.54 Å². The van der Waals surface area contributed by atoms with E-state index in [-0.39, 0.29) is 0 Å². The summed E-state index contributed by atoms with van der Waals surface area (Å²) in [5.74, 6) is 0. The predicted molar refractivity (Wildman–Crippen MR) is 59.7 cm³/mol. The fourth-order valence-electron chi connectivity index (χ4n) is 1.24. The predicted octanol–water partition coefficient (Wildman–Crippen LogP) is 4.37. The third-order valence-corrected chi connectivity index (χ3v) is 3.14. The SMILES string of the molecule is [N-]=[N+]=NCc1cc2ccc(Cl)cc2s1. The van der Waals surface area contributed by atoms with Crippen molar-refractivity contribution in [3.63, 3.8) is 0 Å². The van der Waals surface area contributed by atoms with Crippen LogP contribution in [0.25, 0.3) is 20.5 Å². The standard InChI is InChI=1S/C9H6ClN3S/c10-7-2-1-6-3-8(5-12-13-11)14-9(6)4-7/h1-4H,5H2. The van der Waals surface area contributed by atoms with Crippen molar-refractivity contribution in [2.75, 3.05) is 0 Å². The molecule has 70 valence electrons. The van der Waals surface area contributed by atoms with Crippen LogP contribution in [0, 0.1) is 0 Å². The summed E-state index contributed by atoms with van der Waals surface area (Å²) in [6, 6.07) is 7.76. The van der Waals surface area contributed by atoms with Crippen molar-refractivity contribution in [1.82, 2.24) is 0 Å². The number of hydrogen-bond donors (Lipinski definition) is 0. The molecule has 0 bridgehead atoms. The zero-order valence-corrected chi connectivity index (χ0v) is 8.72. The second kappa shape index (κ2) is 3.88. The molecule has 0 atom stereocenters. The molecule has 0 spiro atoms. The highest BCUT2D eigenvalue weighted by atomic mass is 35.5. The van der Waals surface area contributed by atoms with Crippen LogP contribution in [0.5, 0.6) is 0 Å². The van der Waals surface area contributed by atoms with Crippen LogP contribution in [0.3, 0.4) is 0 Å². The van der Waals surface area contributed by atoms with Crippen LogP contribution in [0.2, 0.25) is 5.02 Å². The minimum atomic E-state index is 0.410. The molecule has 5 heteroatoms. The molecule has 1 aromatic carbocycles. The molecule has 2 rings (SSSR count). The Morgan fingerprint density at radius 2 is 2.29 bits per heavy atom. The van der Waals surface area contributed by atoms with E-state index in [1.807, 2.05) is 24.3 Å². The fraction of sp³-hybridized carbons (Fsp3) is 0.111. The summed E-state index contributed by atoms with van der Waals surface area (Å²) < 4.78 is 1.13. The molecule has 3 nitrogen and oxygen atoms in total. The highest BCUT2D eigenvalue weighted by molar-refractivity contribution is 7.19. The average molecular weight is 224 g/mol. The maximum absolute atomic E-state index is 8.19. The first-order valence-corrected chi connectivity index (χ1v) is 5.18. The van der Waals surface area contributed by atoms with Crippen molar-refractivity contribution >= 4 is 33.0 Å². The number of nitrogens with zero attached hydrogens (tertiary/aromatic N) is 3. The molecule has 0 amide bonds. The van der Waals surface area contributed by atoms with Crippen molar-refractivity contribution in [2.45, 2.75) is 6.54 Å². The molecule has 1 aromatic heterocycles. The summed E-state index contributed by atoms with van der Waals surface area (Å²) in [4.78, 5) is 3.78. The van der Waals surface area contributed by atoms with Crippen LogP contribution in [0.15, 0.2) is 29.4 Å². The number of thiophene rings is 1. The van der Waals surface area contributed by atoms with Crippen molar-refractivity contribution < 1.29 is 0 Å². The fourth-order valence-corrected chi connectivity index (χ4v) is 2.50. The number of rotatable bonds is 2. The van der Waals surface area contributed by atoms with Gasteiger partial charge in [0.15, 0.2) is 0 Å². The Bertz CT molecular complexity index is 514. The quantitative estimate of drug-likeness (QED) is 0.413. The van der Waals surface area contributed by atoms with Gasteiger partial charge in [-0.3, -0.25) is 0 Å². The van der Waals surface area contributed by atoms with Gasteiger partial charge in [0.2, 0.25) is 0 Å². The summed E-state index contributed by atoms with van der Waals surface area (Å²) in [6.45, 7) is 0.410. The Labute approximate surface area is 89.6 Å². The highest BCUT2D eigenvalue weighted by Crippen LogP contribution is 2.28. The summed E-state index contributed by atoms with van der Waals surface area (Å²) in [7, 11) is 0. The molecule has 0 saturated carbocycles. The van der Waals surface area contributed by atoms with Gasteiger partial charge in [-0.2, -0.15) is 0 Å². The Morgan fingerprint density at radius 1 is 1.43 bits per heavy atom. The van der Waals surface area contributed by atoms with Crippen molar-refractivity contribution in [1.29, 1.82) is 0 Å². The van der Waals surface area contributed by atoms with E-state index in [1.54, 1.807) is 11.3 Å². The molecule has 0 saturated heterocycles. The Kier molecular flexibility index (Phi) is 2.59. The van der Waals surface area contributed by atoms with Crippen LogP contribution in [0.1, 0.15) is 4.88 Å². The van der Waals surface area contributed by atoms with Gasteiger partial charge in [0.1, 0.15) is 0 Å². The molecule has 1 heterocycles. The van der Waals surface area contributed by atoms with E-state index in [9.17, 15) is 0 Å². The summed E-state index contributed by atoms with van der Waals surface area (Å²) in [6.07, 6.45) is 0. The third-order valence-electron chi connectivity index (χ3n) is 1.82. The zero-order valence-electron chi connectivity index (χ0n) is 7.14. The van der Waals surface area contributed by atoms with Gasteiger partial charge in [0.25, 0.3) is 0 Å². The van der Waals surface area contributed by atoms with Crippen molar-refractivity contribution in [3.8, 4) is 0 Å². The van der Waals surface area contributed by atoms with Crippen LogP contribution >= 0.6 is 22.9 Å². The molecule has 0 aliphatic carbocycles. The van der Waals surface area contributed by atoms with Crippen LogP contribution in [0.4, 0.5) is 0 Å². The lowest BCUT2D eigenvalue weighted by atomic mass is 10.2. The summed E-state index contributed by atoms with van der Waals surface area (Å²) in [5.41, 5.74) is 8.19. The monoisotopic (exact) mass is 223 g/mol. The number of fused-ring (bicyclic) bond motifs is 1. The number of hydrogen-bond acceptors (Lipinski definition) is 2. The largest absolute Gasteiger partial charge is 0.140 e. The highest BCUT2D eigenvalue weighted by Gasteiger charge is 2.00. The molecule has 0 aliphatic rings. The maximum Gasteiger partial charge on any atom is 0.0605 e. The molecular weight excluding hydrogens is 218 g/mol. The minimum absolute atomic E-state index is 0.410. The normalized spacial score (nSPS) is 10.1. The van der Waals surface area contributed by atoms with Crippen molar-refractivity contribution in [2.24, 2.45) is 5.11 Å². The van der Waals surface area contributed by atoms with Gasteiger partial charge in [-0.1, -0.05) is 22.8 Å². The second-order valence-corrected chi connectivity index (χ2v) is 4.39. The molecule has 0 fully saturated rings. The molecule has 2 aromatic rings. The molecular formula is C9H6ClN3S. The van der Waals surface area contributed by atoms with E-state index in [4.69, 9.17) is 17.1 Å². The molecule has 0 N–H and O–H groups in total. The number of benzene rings is 1. The van der Waals surface area contributed by atoms with Gasteiger partial charge in [-0.05, 0) is 29.1 Å². The molecule has 0 unspecified atom stereocenters. The number of halogens is 1. The first-order chi connectivity index (χ1) is 6.79. The topological polar surface area (TPSA) is 48.8 Å². The summed E-state index contributed by atoms with van der Waals surface area (Å²) in [5, 5.41) is 5.39. The second-order valence-electron chi connectivity index (χ2n) is 2.78. The van der Waals surface area contributed by atoms with Gasteiger partial charge in [0.05, 0.1) is 6.54 Å². The van der Waals surface area contributed by atoms with Crippen molar-refractivity contribution in [3.05, 3.63) is 44.6 Å². The lowest BCUT2D eigenvalue weighted by molar-refractivity contribution is 1.08. The first kappa shape index (κ1) is 9.34. The van der Waals surface area contributed by atoms with Crippen LogP contribution in [-0.4, -0.2) is 0 Å². The average Bonchev–Trinajstić information content (AvgIpc) is 2.56. The summed E-state index contributed by atoms with van der Waals surface area (Å²) >= 11 is 7.46. The van der Waals surface area contributed by atoms with E-state index in [2.05, 4.69) is 10.0 Å². The van der Waals surface area contributed by atoms with Gasteiger partial charge >= 0.3 is 0 Å². The molecule has 14 heavy (non-hydrogen) atoms. The van der Waals surface area contributed by atoms with Gasteiger partial charge in [-0.15, -0.1) is 11.3 Å². The van der Waals surface area contributed by atoms with Gasteiger partial charge in [-0.25, -0.2) is 0 Å². The third kappa shape index (κ3) is 1.82. The van der Waals surface area contributed by atoms with Crippen LogP contribution < -0.4 is 0 Å². The Morgan fingerprint density at radius 3 is 3.07 bits per heavy atom. The van der Waals surface area contributed by atoms with E-state index >= 15 is 0 Å². The smallest absolute Gasteiger partial charge is 0.0605 e. The zero-order chi connectivity index (χ0) is 9.97. The molecule has 0 aliphatic heterocycles. The van der Waals surface area contributed by atoms with E-state index in [1.165, 1.54) is 0 Å². The molecule has 0 radical (unpaired) electrons. The Hall–Kier alpha value is -1.22. The van der Waals surface area contributed by atoms with Gasteiger partial charge in [0, 0.05) is 19.5 Å². The Balaban J connectivity index is 2.45. The first-order valence-electron chi connectivity index (χ1n) is 3.98. The maximum atomic E-state index is 8.19. The lowest BCUT2D eigenvalue weighted by Crippen LogP contribution is -1.67. The van der Waals surface area contributed by atoms with E-state index in [0.717, 1.165) is 20.0 Å². The van der Waals surface area contributed by atoms with E-state index in [0.29, 0.717) is 6.54 Å². The van der Waals surface area contributed by atoms with Gasteiger partial charge < -0.3 is 0 Å². The minimum Gasteiger partial charge on any atom is -0.140 e.